The van der Waals surface area contributed by atoms with Crippen molar-refractivity contribution in [2.24, 2.45) is 0 Å². The highest BCUT2D eigenvalue weighted by Gasteiger charge is 2.39. The second-order valence-electron chi connectivity index (χ2n) is 7.18. The van der Waals surface area contributed by atoms with Crippen LogP contribution in [0.3, 0.4) is 0 Å². The fourth-order valence-electron chi connectivity index (χ4n) is 3.96. The summed E-state index contributed by atoms with van der Waals surface area (Å²) in [7, 11) is 0. The zero-order valence-corrected chi connectivity index (χ0v) is 14.9. The summed E-state index contributed by atoms with van der Waals surface area (Å²) < 4.78 is 13.2. The van der Waals surface area contributed by atoms with Gasteiger partial charge in [-0.25, -0.2) is 0 Å². The van der Waals surface area contributed by atoms with Gasteiger partial charge in [0.25, 0.3) is 0 Å². The van der Waals surface area contributed by atoms with E-state index in [1.807, 2.05) is 22.9 Å². The van der Waals surface area contributed by atoms with Gasteiger partial charge in [-0.1, -0.05) is 19.3 Å². The molecule has 7 heteroatoms. The average Bonchev–Trinajstić information content (AvgIpc) is 3.12. The number of rotatable bonds is 4. The van der Waals surface area contributed by atoms with Crippen molar-refractivity contribution in [2.75, 3.05) is 13.2 Å². The molecular weight excluding hydrogens is 318 g/mol. The molecule has 1 aromatic heterocycles. The summed E-state index contributed by atoms with van der Waals surface area (Å²) in [5, 5.41) is 16.4. The van der Waals surface area contributed by atoms with Crippen molar-refractivity contribution in [3.63, 3.8) is 0 Å². The van der Waals surface area contributed by atoms with Gasteiger partial charge in [-0.05, 0) is 49.2 Å². The Kier molecular flexibility index (Phi) is 4.33. The van der Waals surface area contributed by atoms with Crippen molar-refractivity contribution < 1.29 is 9.47 Å². The highest BCUT2D eigenvalue weighted by molar-refractivity contribution is 5.49. The van der Waals surface area contributed by atoms with Crippen LogP contribution in [0.1, 0.15) is 51.8 Å². The molecule has 0 amide bonds. The Morgan fingerprint density at radius 1 is 1.08 bits per heavy atom. The average molecular weight is 343 g/mol. The second kappa shape index (κ2) is 6.63. The van der Waals surface area contributed by atoms with Gasteiger partial charge in [-0.15, -0.1) is 5.10 Å². The molecule has 134 valence electrons. The molecule has 4 rings (SSSR count). The Hall–Kier alpha value is -2.15. The predicted octanol–water partition coefficient (Wildman–Crippen LogP) is 2.59. The van der Waals surface area contributed by atoms with E-state index in [4.69, 9.17) is 9.47 Å². The number of benzene rings is 1. The van der Waals surface area contributed by atoms with Crippen LogP contribution in [-0.2, 0) is 5.54 Å². The maximum absolute atomic E-state index is 5.71. The molecule has 0 spiro atoms. The van der Waals surface area contributed by atoms with Gasteiger partial charge in [0.1, 0.15) is 13.2 Å². The number of hydrogen-bond acceptors (Lipinski definition) is 6. The van der Waals surface area contributed by atoms with E-state index >= 15 is 0 Å². The van der Waals surface area contributed by atoms with Crippen LogP contribution in [0.25, 0.3) is 5.69 Å². The van der Waals surface area contributed by atoms with Crippen molar-refractivity contribution in [2.45, 2.75) is 57.5 Å². The van der Waals surface area contributed by atoms with Crippen molar-refractivity contribution in [1.82, 2.24) is 25.5 Å². The standard InChI is InChI=1S/C18H25N5O2/c1-13(2)19-18(8-4-3-5-9-18)17-20-21-22-23(17)14-6-7-15-16(12-14)25-11-10-24-15/h6-7,12-13,19H,3-5,8-11H2,1-2H3. The summed E-state index contributed by atoms with van der Waals surface area (Å²) in [4.78, 5) is 0. The van der Waals surface area contributed by atoms with Crippen LogP contribution >= 0.6 is 0 Å². The van der Waals surface area contributed by atoms with Crippen LogP contribution in [-0.4, -0.2) is 39.5 Å². The third-order valence-corrected chi connectivity index (χ3v) is 4.94. The molecular formula is C18H25N5O2. The highest BCUT2D eigenvalue weighted by Crippen LogP contribution is 2.38. The van der Waals surface area contributed by atoms with E-state index in [9.17, 15) is 0 Å². The summed E-state index contributed by atoms with van der Waals surface area (Å²) >= 11 is 0. The minimum absolute atomic E-state index is 0.177. The molecule has 1 aliphatic carbocycles. The van der Waals surface area contributed by atoms with Gasteiger partial charge >= 0.3 is 0 Å². The number of aromatic nitrogens is 4. The number of hydrogen-bond donors (Lipinski definition) is 1. The molecule has 1 saturated carbocycles. The zero-order valence-electron chi connectivity index (χ0n) is 14.9. The molecule has 25 heavy (non-hydrogen) atoms. The highest BCUT2D eigenvalue weighted by atomic mass is 16.6. The van der Waals surface area contributed by atoms with Crippen LogP contribution in [0.15, 0.2) is 18.2 Å². The normalized spacial score (nSPS) is 19.2. The lowest BCUT2D eigenvalue weighted by atomic mass is 9.80. The Morgan fingerprint density at radius 2 is 1.84 bits per heavy atom. The van der Waals surface area contributed by atoms with Crippen LogP contribution in [0.2, 0.25) is 0 Å². The van der Waals surface area contributed by atoms with Gasteiger partial charge < -0.3 is 14.8 Å². The van der Waals surface area contributed by atoms with Crippen LogP contribution in [0, 0.1) is 0 Å². The van der Waals surface area contributed by atoms with Gasteiger partial charge in [-0.2, -0.15) is 4.68 Å². The van der Waals surface area contributed by atoms with E-state index in [2.05, 4.69) is 34.7 Å². The Labute approximate surface area is 147 Å². The zero-order chi connectivity index (χ0) is 17.3. The first-order valence-electron chi connectivity index (χ1n) is 9.14. The first-order chi connectivity index (χ1) is 12.2. The molecule has 1 aromatic carbocycles. The minimum atomic E-state index is -0.177. The fraction of sp³-hybridized carbons (Fsp3) is 0.611. The van der Waals surface area contributed by atoms with E-state index in [0.717, 1.165) is 35.9 Å². The lowest BCUT2D eigenvalue weighted by molar-refractivity contribution is 0.171. The first kappa shape index (κ1) is 16.3. The molecule has 0 saturated heterocycles. The van der Waals surface area contributed by atoms with E-state index in [1.54, 1.807) is 0 Å². The third kappa shape index (κ3) is 3.08. The molecule has 2 aliphatic rings. The molecule has 2 aromatic rings. The minimum Gasteiger partial charge on any atom is -0.486 e. The Bertz CT molecular complexity index is 737. The molecule has 1 N–H and O–H groups in total. The Balaban J connectivity index is 1.74. The lowest BCUT2D eigenvalue weighted by Crippen LogP contribution is -2.49. The van der Waals surface area contributed by atoms with Gasteiger partial charge in [0.05, 0.1) is 11.2 Å². The molecule has 0 atom stereocenters. The number of fused-ring (bicyclic) bond motifs is 1. The fourth-order valence-corrected chi connectivity index (χ4v) is 3.96. The summed E-state index contributed by atoms with van der Waals surface area (Å²) in [6, 6.07) is 6.24. The molecule has 0 unspecified atom stereocenters. The SMILES string of the molecule is CC(C)NC1(c2nnnn2-c2ccc3c(c2)OCCO3)CCCCC1. The maximum atomic E-state index is 5.71. The molecule has 1 aliphatic heterocycles. The van der Waals surface area contributed by atoms with E-state index in [0.29, 0.717) is 19.3 Å². The molecule has 2 heterocycles. The monoisotopic (exact) mass is 343 g/mol. The topological polar surface area (TPSA) is 74.1 Å². The number of ether oxygens (including phenoxy) is 2. The molecule has 1 fully saturated rings. The molecule has 0 radical (unpaired) electrons. The number of nitrogens with zero attached hydrogens (tertiary/aromatic N) is 4. The summed E-state index contributed by atoms with van der Waals surface area (Å²) in [6.45, 7) is 5.50. The summed E-state index contributed by atoms with van der Waals surface area (Å²) in [6.07, 6.45) is 5.75. The van der Waals surface area contributed by atoms with Crippen molar-refractivity contribution >= 4 is 0 Å². The van der Waals surface area contributed by atoms with E-state index in [-0.39, 0.29) is 5.54 Å². The van der Waals surface area contributed by atoms with Gasteiger partial charge in [-0.3, -0.25) is 0 Å². The van der Waals surface area contributed by atoms with Crippen molar-refractivity contribution in [3.8, 4) is 17.2 Å². The summed E-state index contributed by atoms with van der Waals surface area (Å²) in [5.74, 6) is 2.41. The Morgan fingerprint density at radius 3 is 2.60 bits per heavy atom. The van der Waals surface area contributed by atoms with Crippen LogP contribution in [0.4, 0.5) is 0 Å². The quantitative estimate of drug-likeness (QED) is 0.920. The van der Waals surface area contributed by atoms with Crippen LogP contribution in [0.5, 0.6) is 11.5 Å². The van der Waals surface area contributed by atoms with Gasteiger partial charge in [0, 0.05) is 12.1 Å². The largest absolute Gasteiger partial charge is 0.486 e. The van der Waals surface area contributed by atoms with Gasteiger partial charge in [0.15, 0.2) is 17.3 Å². The smallest absolute Gasteiger partial charge is 0.176 e. The number of nitrogens with one attached hydrogen (secondary N) is 1. The van der Waals surface area contributed by atoms with Crippen LogP contribution < -0.4 is 14.8 Å². The summed E-state index contributed by atoms with van der Waals surface area (Å²) in [5.41, 5.74) is 0.725. The van der Waals surface area contributed by atoms with Crippen molar-refractivity contribution in [1.29, 1.82) is 0 Å². The maximum Gasteiger partial charge on any atom is 0.176 e. The van der Waals surface area contributed by atoms with Gasteiger partial charge in [0.2, 0.25) is 0 Å². The van der Waals surface area contributed by atoms with E-state index < -0.39 is 0 Å². The third-order valence-electron chi connectivity index (χ3n) is 4.94. The molecule has 7 nitrogen and oxygen atoms in total. The predicted molar refractivity (Wildman–Crippen MR) is 93.2 cm³/mol. The molecule has 0 bridgehead atoms. The second-order valence-corrected chi connectivity index (χ2v) is 7.18. The number of tetrazole rings is 1. The lowest BCUT2D eigenvalue weighted by Gasteiger charge is -2.38. The van der Waals surface area contributed by atoms with Crippen molar-refractivity contribution in [3.05, 3.63) is 24.0 Å². The first-order valence-corrected chi connectivity index (χ1v) is 9.14. The van der Waals surface area contributed by atoms with E-state index in [1.165, 1.54) is 19.3 Å².